The van der Waals surface area contributed by atoms with Crippen LogP contribution in [0.3, 0.4) is 0 Å². The highest BCUT2D eigenvalue weighted by Crippen LogP contribution is 2.18. The van der Waals surface area contributed by atoms with Gasteiger partial charge in [0, 0.05) is 13.0 Å². The number of carbonyl (C=O) groups excluding carboxylic acids is 1. The van der Waals surface area contributed by atoms with Crippen LogP contribution in [0.4, 0.5) is 0 Å². The molecule has 4 nitrogen and oxygen atoms in total. The Kier molecular flexibility index (Phi) is 2.90. The minimum Gasteiger partial charge on any atom is -0.368 e. The van der Waals surface area contributed by atoms with Gasteiger partial charge >= 0.3 is 0 Å². The number of nitrogens with one attached hydrogen (secondary N) is 1. The third kappa shape index (κ3) is 1.99. The van der Waals surface area contributed by atoms with Crippen LogP contribution in [0.25, 0.3) is 0 Å². The Morgan fingerprint density at radius 3 is 2.54 bits per heavy atom. The molecule has 0 aromatic heterocycles. The predicted molar refractivity (Wildman–Crippen MR) is 51.5 cm³/mol. The molecule has 0 bridgehead atoms. The Bertz CT molecular complexity index is 225. The Balaban J connectivity index is 2.75. The first-order valence-electron chi connectivity index (χ1n) is 4.67. The highest BCUT2D eigenvalue weighted by atomic mass is 16.1. The van der Waals surface area contributed by atoms with Crippen molar-refractivity contribution in [2.24, 2.45) is 11.7 Å². The number of nitrogens with zero attached hydrogens (tertiary/aromatic N) is 1. The molecule has 1 atom stereocenters. The fourth-order valence-corrected chi connectivity index (χ4v) is 1.84. The van der Waals surface area contributed by atoms with Crippen molar-refractivity contribution in [2.45, 2.75) is 32.7 Å². The minimum atomic E-state index is -0.318. The first kappa shape index (κ1) is 10.0. The Morgan fingerprint density at radius 2 is 2.23 bits per heavy atom. The fraction of sp³-hybridized carbons (Fsp3) is 0.778. The van der Waals surface area contributed by atoms with Gasteiger partial charge in [-0.2, -0.15) is 0 Å². The molecule has 1 saturated heterocycles. The third-order valence-electron chi connectivity index (χ3n) is 2.42. The molecule has 74 valence electrons. The average molecular weight is 183 g/mol. The molecular formula is C9H17N3O. The molecule has 0 aliphatic carbocycles. The maximum absolute atomic E-state index is 11.2. The number of hydrogen-bond donors (Lipinski definition) is 2. The molecule has 1 fully saturated rings. The molecule has 1 aliphatic heterocycles. The topological polar surface area (TPSA) is 70.2 Å². The van der Waals surface area contributed by atoms with E-state index in [4.69, 9.17) is 11.1 Å². The fourth-order valence-electron chi connectivity index (χ4n) is 1.84. The van der Waals surface area contributed by atoms with E-state index >= 15 is 0 Å². The van der Waals surface area contributed by atoms with Gasteiger partial charge in [-0.1, -0.05) is 13.8 Å². The molecule has 1 unspecified atom stereocenters. The van der Waals surface area contributed by atoms with E-state index in [1.807, 2.05) is 18.7 Å². The lowest BCUT2D eigenvalue weighted by Crippen LogP contribution is -2.48. The number of amidine groups is 1. The summed E-state index contributed by atoms with van der Waals surface area (Å²) in [5.41, 5.74) is 5.30. The largest absolute Gasteiger partial charge is 0.368 e. The lowest BCUT2D eigenvalue weighted by Gasteiger charge is -2.29. The third-order valence-corrected chi connectivity index (χ3v) is 2.42. The lowest BCUT2D eigenvalue weighted by atomic mass is 10.0. The summed E-state index contributed by atoms with van der Waals surface area (Å²) in [6.07, 6.45) is 1.74. The van der Waals surface area contributed by atoms with E-state index in [0.717, 1.165) is 19.4 Å². The number of carbonyl (C=O) groups is 1. The summed E-state index contributed by atoms with van der Waals surface area (Å²) in [6, 6.07) is -0.296. The molecule has 0 aromatic rings. The van der Waals surface area contributed by atoms with Crippen LogP contribution in [0.2, 0.25) is 0 Å². The molecule has 0 radical (unpaired) electrons. The molecule has 1 rings (SSSR count). The Hall–Kier alpha value is -1.06. The molecule has 1 amide bonds. The van der Waals surface area contributed by atoms with E-state index in [9.17, 15) is 4.79 Å². The zero-order valence-electron chi connectivity index (χ0n) is 8.21. The van der Waals surface area contributed by atoms with Crippen LogP contribution in [0.15, 0.2) is 0 Å². The standard InChI is InChI=1S/C9H17N3O/c1-6(2)8(9(11)13)12-5-3-4-7(12)10/h6,8,10H,3-5H2,1-2H3,(H2,11,13). The molecule has 1 heterocycles. The number of amides is 1. The summed E-state index contributed by atoms with van der Waals surface area (Å²) >= 11 is 0. The summed E-state index contributed by atoms with van der Waals surface area (Å²) in [5.74, 6) is 0.412. The second kappa shape index (κ2) is 3.77. The van der Waals surface area contributed by atoms with Gasteiger partial charge in [0.1, 0.15) is 6.04 Å². The van der Waals surface area contributed by atoms with Crippen molar-refractivity contribution in [3.8, 4) is 0 Å². The van der Waals surface area contributed by atoms with Crippen molar-refractivity contribution in [2.75, 3.05) is 6.54 Å². The van der Waals surface area contributed by atoms with Crippen molar-refractivity contribution in [1.29, 1.82) is 5.41 Å². The SMILES string of the molecule is CC(C)C(C(N)=O)N1CCCC1=N. The van der Waals surface area contributed by atoms with Gasteiger partial charge in [-0.15, -0.1) is 0 Å². The summed E-state index contributed by atoms with van der Waals surface area (Å²) in [6.45, 7) is 4.71. The van der Waals surface area contributed by atoms with Gasteiger partial charge in [0.2, 0.25) is 5.91 Å². The summed E-state index contributed by atoms with van der Waals surface area (Å²) in [5, 5.41) is 7.64. The molecule has 0 saturated carbocycles. The zero-order valence-corrected chi connectivity index (χ0v) is 8.21. The van der Waals surface area contributed by atoms with Crippen LogP contribution in [0, 0.1) is 11.3 Å². The van der Waals surface area contributed by atoms with Gasteiger partial charge in [0.25, 0.3) is 0 Å². The monoisotopic (exact) mass is 183 g/mol. The number of primary amides is 1. The van der Waals surface area contributed by atoms with Crippen LogP contribution in [0.5, 0.6) is 0 Å². The maximum atomic E-state index is 11.2. The van der Waals surface area contributed by atoms with Crippen molar-refractivity contribution < 1.29 is 4.79 Å². The van der Waals surface area contributed by atoms with E-state index < -0.39 is 0 Å². The molecular weight excluding hydrogens is 166 g/mol. The van der Waals surface area contributed by atoms with Crippen LogP contribution in [-0.4, -0.2) is 29.2 Å². The van der Waals surface area contributed by atoms with Crippen molar-refractivity contribution in [1.82, 2.24) is 4.90 Å². The van der Waals surface area contributed by atoms with Crippen LogP contribution >= 0.6 is 0 Å². The van der Waals surface area contributed by atoms with E-state index in [2.05, 4.69) is 0 Å². The molecule has 0 aromatic carbocycles. The van der Waals surface area contributed by atoms with Crippen molar-refractivity contribution in [3.63, 3.8) is 0 Å². The second-order valence-corrected chi connectivity index (χ2v) is 3.83. The van der Waals surface area contributed by atoms with Crippen LogP contribution in [0.1, 0.15) is 26.7 Å². The molecule has 1 aliphatic rings. The number of rotatable bonds is 3. The average Bonchev–Trinajstić information content (AvgIpc) is 2.35. The van der Waals surface area contributed by atoms with Gasteiger partial charge < -0.3 is 10.6 Å². The second-order valence-electron chi connectivity index (χ2n) is 3.83. The first-order valence-corrected chi connectivity index (χ1v) is 4.67. The summed E-state index contributed by atoms with van der Waals surface area (Å²) in [4.78, 5) is 13.0. The Morgan fingerprint density at radius 1 is 1.62 bits per heavy atom. The molecule has 3 N–H and O–H groups in total. The Labute approximate surface area is 78.6 Å². The summed E-state index contributed by atoms with van der Waals surface area (Å²) in [7, 11) is 0. The summed E-state index contributed by atoms with van der Waals surface area (Å²) < 4.78 is 0. The minimum absolute atomic E-state index is 0.177. The van der Waals surface area contributed by atoms with Gasteiger partial charge in [0.05, 0.1) is 5.84 Å². The highest BCUT2D eigenvalue weighted by molar-refractivity contribution is 5.89. The first-order chi connectivity index (χ1) is 6.04. The van der Waals surface area contributed by atoms with Gasteiger partial charge in [-0.25, -0.2) is 0 Å². The zero-order chi connectivity index (χ0) is 10.0. The molecule has 0 spiro atoms. The normalized spacial score (nSPS) is 19.6. The van der Waals surface area contributed by atoms with E-state index in [1.165, 1.54) is 0 Å². The molecule has 4 heteroatoms. The van der Waals surface area contributed by atoms with Gasteiger partial charge in [-0.05, 0) is 12.3 Å². The van der Waals surface area contributed by atoms with Crippen molar-refractivity contribution >= 4 is 11.7 Å². The number of hydrogen-bond acceptors (Lipinski definition) is 2. The number of nitrogens with two attached hydrogens (primary N) is 1. The van der Waals surface area contributed by atoms with E-state index in [0.29, 0.717) is 5.84 Å². The van der Waals surface area contributed by atoms with Crippen LogP contribution < -0.4 is 5.73 Å². The number of likely N-dealkylation sites (tertiary alicyclic amines) is 1. The predicted octanol–water partition coefficient (Wildman–Crippen LogP) is 0.569. The van der Waals surface area contributed by atoms with E-state index in [1.54, 1.807) is 0 Å². The maximum Gasteiger partial charge on any atom is 0.240 e. The van der Waals surface area contributed by atoms with Crippen molar-refractivity contribution in [3.05, 3.63) is 0 Å². The highest BCUT2D eigenvalue weighted by Gasteiger charge is 2.31. The van der Waals surface area contributed by atoms with E-state index in [-0.39, 0.29) is 17.9 Å². The van der Waals surface area contributed by atoms with Gasteiger partial charge in [-0.3, -0.25) is 10.2 Å². The van der Waals surface area contributed by atoms with Gasteiger partial charge in [0.15, 0.2) is 0 Å². The smallest absolute Gasteiger partial charge is 0.240 e. The quantitative estimate of drug-likeness (QED) is 0.671. The van der Waals surface area contributed by atoms with Crippen LogP contribution in [-0.2, 0) is 4.79 Å². The lowest BCUT2D eigenvalue weighted by molar-refractivity contribution is -0.123. The molecule has 13 heavy (non-hydrogen) atoms.